The number of rotatable bonds is 3. The third kappa shape index (κ3) is 2.94. The molecule has 3 N–H and O–H groups in total. The summed E-state index contributed by atoms with van der Waals surface area (Å²) in [5.41, 5.74) is 6.67. The maximum atomic E-state index is 11.8. The minimum Gasteiger partial charge on any atom is -0.399 e. The largest absolute Gasteiger partial charge is 0.399 e. The number of anilines is 1. The summed E-state index contributed by atoms with van der Waals surface area (Å²) in [6, 6.07) is 4.62. The van der Waals surface area contributed by atoms with Gasteiger partial charge in [-0.1, -0.05) is 0 Å². The SMILES string of the molecule is Cc1cc(N)ccc1S(=O)(=O)CC(C)O. The van der Waals surface area contributed by atoms with E-state index in [2.05, 4.69) is 0 Å². The summed E-state index contributed by atoms with van der Waals surface area (Å²) in [6.07, 6.45) is -0.869. The van der Waals surface area contributed by atoms with E-state index in [-0.39, 0.29) is 10.6 Å². The molecule has 5 heteroatoms. The molecule has 0 aliphatic heterocycles. The second kappa shape index (κ2) is 4.20. The van der Waals surface area contributed by atoms with Crippen molar-refractivity contribution in [1.29, 1.82) is 0 Å². The first-order chi connectivity index (χ1) is 6.83. The second-order valence-electron chi connectivity index (χ2n) is 3.66. The minimum absolute atomic E-state index is 0.234. The van der Waals surface area contributed by atoms with Crippen LogP contribution in [0.5, 0.6) is 0 Å². The number of nitrogen functional groups attached to an aromatic ring is 1. The Balaban J connectivity index is 3.16. The molecular weight excluding hydrogens is 214 g/mol. The van der Waals surface area contributed by atoms with Gasteiger partial charge in [0.15, 0.2) is 9.84 Å². The molecule has 0 fully saturated rings. The van der Waals surface area contributed by atoms with Crippen LogP contribution >= 0.6 is 0 Å². The average molecular weight is 229 g/mol. The summed E-state index contributed by atoms with van der Waals surface area (Å²) in [4.78, 5) is 0.234. The molecule has 0 saturated heterocycles. The van der Waals surface area contributed by atoms with Gasteiger partial charge in [-0.25, -0.2) is 8.42 Å². The lowest BCUT2D eigenvalue weighted by molar-refractivity contribution is 0.218. The van der Waals surface area contributed by atoms with Crippen molar-refractivity contribution in [3.8, 4) is 0 Å². The summed E-state index contributed by atoms with van der Waals surface area (Å²) in [6.45, 7) is 3.13. The highest BCUT2D eigenvalue weighted by atomic mass is 32.2. The number of benzene rings is 1. The number of hydrogen-bond acceptors (Lipinski definition) is 4. The molecule has 1 atom stereocenters. The summed E-state index contributed by atoms with van der Waals surface area (Å²) >= 11 is 0. The highest BCUT2D eigenvalue weighted by molar-refractivity contribution is 7.91. The Labute approximate surface area is 89.7 Å². The molecule has 0 amide bonds. The molecule has 0 spiro atoms. The standard InChI is InChI=1S/C10H15NO3S/c1-7-5-9(11)3-4-10(7)15(13,14)6-8(2)12/h3-5,8,12H,6,11H2,1-2H3. The van der Waals surface area contributed by atoms with Crippen molar-refractivity contribution in [3.05, 3.63) is 23.8 Å². The van der Waals surface area contributed by atoms with Gasteiger partial charge in [0.2, 0.25) is 0 Å². The Kier molecular flexibility index (Phi) is 3.36. The predicted octanol–water partition coefficient (Wildman–Crippen LogP) is 0.732. The van der Waals surface area contributed by atoms with Crippen LogP contribution in [0.2, 0.25) is 0 Å². The molecule has 0 radical (unpaired) electrons. The van der Waals surface area contributed by atoms with Crippen LogP contribution in [0.1, 0.15) is 12.5 Å². The fourth-order valence-electron chi connectivity index (χ4n) is 1.43. The molecular formula is C10H15NO3S. The van der Waals surface area contributed by atoms with Gasteiger partial charge in [0, 0.05) is 5.69 Å². The fraction of sp³-hybridized carbons (Fsp3) is 0.400. The minimum atomic E-state index is -3.41. The highest BCUT2D eigenvalue weighted by Crippen LogP contribution is 2.19. The maximum Gasteiger partial charge on any atom is 0.181 e. The van der Waals surface area contributed by atoms with E-state index < -0.39 is 15.9 Å². The van der Waals surface area contributed by atoms with Crippen LogP contribution in [-0.4, -0.2) is 25.4 Å². The third-order valence-corrected chi connectivity index (χ3v) is 4.04. The molecule has 0 heterocycles. The Hall–Kier alpha value is -1.07. The van der Waals surface area contributed by atoms with Gasteiger partial charge >= 0.3 is 0 Å². The molecule has 0 saturated carbocycles. The zero-order chi connectivity index (χ0) is 11.6. The van der Waals surface area contributed by atoms with Gasteiger partial charge in [-0.15, -0.1) is 0 Å². The van der Waals surface area contributed by atoms with Crippen molar-refractivity contribution in [2.24, 2.45) is 0 Å². The van der Waals surface area contributed by atoms with Gasteiger partial charge in [0.25, 0.3) is 0 Å². The van der Waals surface area contributed by atoms with Crippen molar-refractivity contribution < 1.29 is 13.5 Å². The van der Waals surface area contributed by atoms with E-state index in [9.17, 15) is 8.42 Å². The zero-order valence-electron chi connectivity index (χ0n) is 8.77. The number of aliphatic hydroxyl groups excluding tert-OH is 1. The lowest BCUT2D eigenvalue weighted by atomic mass is 10.2. The van der Waals surface area contributed by atoms with Crippen LogP contribution in [0.15, 0.2) is 23.1 Å². The molecule has 1 rings (SSSR count). The zero-order valence-corrected chi connectivity index (χ0v) is 9.58. The lowest BCUT2D eigenvalue weighted by Crippen LogP contribution is -2.18. The van der Waals surface area contributed by atoms with Gasteiger partial charge in [0.1, 0.15) is 0 Å². The summed E-state index contributed by atoms with van der Waals surface area (Å²) < 4.78 is 23.5. The smallest absolute Gasteiger partial charge is 0.181 e. The normalized spacial score (nSPS) is 13.8. The van der Waals surface area contributed by atoms with Crippen LogP contribution < -0.4 is 5.73 Å². The number of aryl methyl sites for hydroxylation is 1. The molecule has 0 aromatic heterocycles. The Morgan fingerprint density at radius 2 is 2.07 bits per heavy atom. The van der Waals surface area contributed by atoms with Gasteiger partial charge in [-0.2, -0.15) is 0 Å². The van der Waals surface area contributed by atoms with E-state index in [0.29, 0.717) is 11.3 Å². The van der Waals surface area contributed by atoms with Gasteiger partial charge < -0.3 is 10.8 Å². The van der Waals surface area contributed by atoms with Crippen molar-refractivity contribution in [2.45, 2.75) is 24.8 Å². The molecule has 1 unspecified atom stereocenters. The molecule has 84 valence electrons. The van der Waals surface area contributed by atoms with E-state index in [1.54, 1.807) is 19.1 Å². The first-order valence-electron chi connectivity index (χ1n) is 4.60. The van der Waals surface area contributed by atoms with E-state index in [1.807, 2.05) is 0 Å². The molecule has 0 aliphatic rings. The van der Waals surface area contributed by atoms with Crippen LogP contribution in [0.25, 0.3) is 0 Å². The highest BCUT2D eigenvalue weighted by Gasteiger charge is 2.19. The molecule has 4 nitrogen and oxygen atoms in total. The lowest BCUT2D eigenvalue weighted by Gasteiger charge is -2.09. The van der Waals surface area contributed by atoms with Crippen molar-refractivity contribution in [2.75, 3.05) is 11.5 Å². The maximum absolute atomic E-state index is 11.8. The Morgan fingerprint density at radius 1 is 1.47 bits per heavy atom. The van der Waals surface area contributed by atoms with Gasteiger partial charge in [-0.3, -0.25) is 0 Å². The first kappa shape index (κ1) is 12.0. The molecule has 1 aromatic rings. The van der Waals surface area contributed by atoms with Gasteiger partial charge in [0.05, 0.1) is 16.8 Å². The van der Waals surface area contributed by atoms with Crippen molar-refractivity contribution >= 4 is 15.5 Å². The van der Waals surface area contributed by atoms with E-state index >= 15 is 0 Å². The Bertz CT molecular complexity index is 452. The predicted molar refractivity (Wildman–Crippen MR) is 59.3 cm³/mol. The summed E-state index contributed by atoms with van der Waals surface area (Å²) in [7, 11) is -3.41. The molecule has 0 aliphatic carbocycles. The molecule has 1 aromatic carbocycles. The molecule has 15 heavy (non-hydrogen) atoms. The number of aliphatic hydroxyl groups is 1. The van der Waals surface area contributed by atoms with Crippen LogP contribution in [0.3, 0.4) is 0 Å². The van der Waals surface area contributed by atoms with Gasteiger partial charge in [-0.05, 0) is 37.6 Å². The first-order valence-corrected chi connectivity index (χ1v) is 6.25. The number of nitrogens with two attached hydrogens (primary N) is 1. The van der Waals surface area contributed by atoms with Crippen molar-refractivity contribution in [1.82, 2.24) is 0 Å². The third-order valence-electron chi connectivity index (χ3n) is 1.99. The van der Waals surface area contributed by atoms with E-state index in [4.69, 9.17) is 10.8 Å². The fourth-order valence-corrected chi connectivity index (χ4v) is 3.07. The van der Waals surface area contributed by atoms with Crippen LogP contribution in [0.4, 0.5) is 5.69 Å². The summed E-state index contributed by atoms with van der Waals surface area (Å²) in [5, 5.41) is 9.09. The van der Waals surface area contributed by atoms with Crippen LogP contribution in [-0.2, 0) is 9.84 Å². The van der Waals surface area contributed by atoms with Crippen LogP contribution in [0, 0.1) is 6.92 Å². The Morgan fingerprint density at radius 3 is 2.53 bits per heavy atom. The monoisotopic (exact) mass is 229 g/mol. The second-order valence-corrected chi connectivity index (χ2v) is 5.66. The molecule has 0 bridgehead atoms. The topological polar surface area (TPSA) is 80.4 Å². The van der Waals surface area contributed by atoms with Crippen molar-refractivity contribution in [3.63, 3.8) is 0 Å². The van der Waals surface area contributed by atoms with E-state index in [1.165, 1.54) is 13.0 Å². The average Bonchev–Trinajstić information content (AvgIpc) is 1.99. The summed E-state index contributed by atoms with van der Waals surface area (Å²) in [5.74, 6) is -0.266. The quantitative estimate of drug-likeness (QED) is 0.749. The number of sulfone groups is 1. The van der Waals surface area contributed by atoms with E-state index in [0.717, 1.165) is 0 Å². The number of hydrogen-bond donors (Lipinski definition) is 2.